The van der Waals surface area contributed by atoms with Crippen LogP contribution in [0.25, 0.3) is 11.0 Å². The monoisotopic (exact) mass is 778 g/mol. The third-order valence-electron chi connectivity index (χ3n) is 10.7. The van der Waals surface area contributed by atoms with Gasteiger partial charge in [-0.3, -0.25) is 38.8 Å². The van der Waals surface area contributed by atoms with Crippen LogP contribution in [0.4, 0.5) is 5.95 Å². The molecular formula is C37H46N8O9S. The van der Waals surface area contributed by atoms with E-state index in [1.54, 1.807) is 41.1 Å². The van der Waals surface area contributed by atoms with Gasteiger partial charge in [-0.25, -0.2) is 4.98 Å². The predicted octanol–water partition coefficient (Wildman–Crippen LogP) is 1.68. The topological polar surface area (TPSA) is 211 Å². The molecule has 3 fully saturated rings. The van der Waals surface area contributed by atoms with E-state index in [1.807, 2.05) is 0 Å². The summed E-state index contributed by atoms with van der Waals surface area (Å²) in [6.45, 7) is 1.87. The molecule has 2 aromatic heterocycles. The Kier molecular flexibility index (Phi) is 12.0. The molecule has 0 spiro atoms. The molecule has 17 nitrogen and oxygen atoms in total. The Morgan fingerprint density at radius 3 is 2.40 bits per heavy atom. The van der Waals surface area contributed by atoms with Gasteiger partial charge in [0.15, 0.2) is 0 Å². The van der Waals surface area contributed by atoms with Gasteiger partial charge in [0.2, 0.25) is 17.8 Å². The summed E-state index contributed by atoms with van der Waals surface area (Å²) in [6, 6.07) is 7.49. The highest BCUT2D eigenvalue weighted by atomic mass is 32.2. The van der Waals surface area contributed by atoms with E-state index in [0.717, 1.165) is 36.0 Å². The molecule has 55 heavy (non-hydrogen) atoms. The Hall–Kier alpha value is -4.62. The number of rotatable bonds is 16. The summed E-state index contributed by atoms with van der Waals surface area (Å²) < 4.78 is 42.9. The number of benzene rings is 1. The Bertz CT molecular complexity index is 2110. The maximum absolute atomic E-state index is 13.3. The highest BCUT2D eigenvalue weighted by Gasteiger charge is 2.45. The normalized spacial score (nSPS) is 20.1. The number of imide groups is 2. The molecule has 1 aliphatic carbocycles. The largest absolute Gasteiger partial charge is 0.379 e. The minimum Gasteiger partial charge on any atom is -0.379 e. The first-order valence-corrected chi connectivity index (χ1v) is 20.4. The fourth-order valence-electron chi connectivity index (χ4n) is 7.86. The van der Waals surface area contributed by atoms with Crippen LogP contribution in [0, 0.1) is 0 Å². The Balaban J connectivity index is 0.779. The standard InChI is InChI=1S/C37H46N8O9S/c46-30-12-11-29(34(48)41-30)45-35(49)28-9-3-5-24(32(28)36(45)50)6-4-19-53-21-22-54-20-16-39-55(51,52)43-17-14-26(15-18-43)40-37-38-23-25-10-13-31(47)44(33(25)42-37)27-7-1-2-8-27/h3,5,9-10,13,23,26-27,29,39H,1-2,4,6-8,11-12,14-22H2,(H,38,40,42)(H,41,46,48). The van der Waals surface area contributed by atoms with Gasteiger partial charge in [0.05, 0.1) is 30.9 Å². The van der Waals surface area contributed by atoms with Crippen LogP contribution in [0.5, 0.6) is 0 Å². The number of amides is 4. The lowest BCUT2D eigenvalue weighted by atomic mass is 9.99. The summed E-state index contributed by atoms with van der Waals surface area (Å²) in [7, 11) is -3.69. The second-order valence-electron chi connectivity index (χ2n) is 14.3. The maximum atomic E-state index is 13.3. The third-order valence-corrected chi connectivity index (χ3v) is 12.3. The van der Waals surface area contributed by atoms with Gasteiger partial charge < -0.3 is 14.8 Å². The number of aryl methyl sites for hydroxylation is 1. The van der Waals surface area contributed by atoms with Crippen molar-refractivity contribution in [1.29, 1.82) is 0 Å². The first kappa shape index (κ1) is 38.6. The van der Waals surface area contributed by atoms with Crippen LogP contribution in [-0.4, -0.2) is 114 Å². The summed E-state index contributed by atoms with van der Waals surface area (Å²) in [4.78, 5) is 73.1. The van der Waals surface area contributed by atoms with E-state index in [4.69, 9.17) is 14.5 Å². The van der Waals surface area contributed by atoms with E-state index in [0.29, 0.717) is 69.1 Å². The number of pyridine rings is 1. The average molecular weight is 779 g/mol. The zero-order valence-electron chi connectivity index (χ0n) is 30.5. The van der Waals surface area contributed by atoms with Crippen LogP contribution in [0.15, 0.2) is 41.3 Å². The maximum Gasteiger partial charge on any atom is 0.279 e. The van der Waals surface area contributed by atoms with Gasteiger partial charge in [-0.05, 0) is 62.6 Å². The summed E-state index contributed by atoms with van der Waals surface area (Å²) >= 11 is 0. The first-order valence-electron chi connectivity index (χ1n) is 19.0. The SMILES string of the molecule is O=C1CCC(N2C(=O)c3cccc(CCCOCCOCCNS(=O)(=O)N4CCC(Nc5ncc6ccc(=O)n(C7CCCC7)c6n5)CC4)c3C2=O)C(=O)N1. The zero-order chi connectivity index (χ0) is 38.5. The lowest BCUT2D eigenvalue weighted by molar-refractivity contribution is -0.136. The predicted molar refractivity (Wildman–Crippen MR) is 200 cm³/mol. The van der Waals surface area contributed by atoms with E-state index in [1.165, 1.54) is 4.31 Å². The van der Waals surface area contributed by atoms with Crippen molar-refractivity contribution in [2.45, 2.75) is 82.3 Å². The van der Waals surface area contributed by atoms with Gasteiger partial charge >= 0.3 is 0 Å². The van der Waals surface area contributed by atoms with Crippen molar-refractivity contribution in [3.63, 3.8) is 0 Å². The lowest BCUT2D eigenvalue weighted by Gasteiger charge is -2.31. The van der Waals surface area contributed by atoms with Gasteiger partial charge in [-0.2, -0.15) is 22.4 Å². The molecular weight excluding hydrogens is 733 g/mol. The number of anilines is 1. The highest BCUT2D eigenvalue weighted by Crippen LogP contribution is 2.32. The van der Waals surface area contributed by atoms with Crippen LogP contribution in [0.1, 0.15) is 90.1 Å². The highest BCUT2D eigenvalue weighted by molar-refractivity contribution is 7.87. The molecule has 4 aliphatic rings. The molecule has 294 valence electrons. The molecule has 4 amide bonds. The van der Waals surface area contributed by atoms with Gasteiger partial charge in [0.25, 0.3) is 27.6 Å². The molecule has 2 saturated heterocycles. The van der Waals surface area contributed by atoms with E-state index >= 15 is 0 Å². The molecule has 1 unspecified atom stereocenters. The van der Waals surface area contributed by atoms with Gasteiger partial charge in [0, 0.05) is 62.4 Å². The second-order valence-corrected chi connectivity index (χ2v) is 16.0. The van der Waals surface area contributed by atoms with Gasteiger partial charge in [-0.1, -0.05) is 25.0 Å². The molecule has 5 heterocycles. The Morgan fingerprint density at radius 1 is 0.873 bits per heavy atom. The molecule has 18 heteroatoms. The number of hydrogen-bond acceptors (Lipinski definition) is 12. The summed E-state index contributed by atoms with van der Waals surface area (Å²) in [6.07, 6.45) is 8.18. The zero-order valence-corrected chi connectivity index (χ0v) is 31.4. The lowest BCUT2D eigenvalue weighted by Crippen LogP contribution is -2.54. The van der Waals surface area contributed by atoms with Crippen molar-refractivity contribution < 1.29 is 37.1 Å². The van der Waals surface area contributed by atoms with E-state index in [-0.39, 0.29) is 61.4 Å². The molecule has 3 aromatic rings. The summed E-state index contributed by atoms with van der Waals surface area (Å²) in [5.41, 5.74) is 1.79. The minimum absolute atomic E-state index is 0.0156. The number of aromatic nitrogens is 3. The molecule has 0 bridgehead atoms. The van der Waals surface area contributed by atoms with Crippen molar-refractivity contribution in [2.24, 2.45) is 0 Å². The molecule has 7 rings (SSSR count). The van der Waals surface area contributed by atoms with E-state index in [9.17, 15) is 32.4 Å². The van der Waals surface area contributed by atoms with Crippen LogP contribution >= 0.6 is 0 Å². The number of carbonyl (C=O) groups is 4. The Morgan fingerprint density at radius 2 is 1.64 bits per heavy atom. The van der Waals surface area contributed by atoms with E-state index < -0.39 is 39.9 Å². The molecule has 1 saturated carbocycles. The number of ether oxygens (including phenoxy) is 2. The third kappa shape index (κ3) is 8.62. The van der Waals surface area contributed by atoms with Crippen LogP contribution in [-0.2, 0) is 35.7 Å². The van der Waals surface area contributed by atoms with Crippen molar-refractivity contribution in [3.8, 4) is 0 Å². The minimum atomic E-state index is -3.69. The number of nitrogens with zero attached hydrogens (tertiary/aromatic N) is 5. The van der Waals surface area contributed by atoms with Crippen LogP contribution < -0.4 is 20.9 Å². The number of nitrogens with one attached hydrogen (secondary N) is 3. The number of carbonyl (C=O) groups excluding carboxylic acids is 4. The van der Waals surface area contributed by atoms with Crippen LogP contribution in [0.2, 0.25) is 0 Å². The van der Waals surface area contributed by atoms with Gasteiger partial charge in [0.1, 0.15) is 11.7 Å². The summed E-state index contributed by atoms with van der Waals surface area (Å²) in [5.74, 6) is -1.71. The molecule has 1 aromatic carbocycles. The smallest absolute Gasteiger partial charge is 0.279 e. The van der Waals surface area contributed by atoms with Crippen molar-refractivity contribution in [1.82, 2.24) is 33.8 Å². The fourth-order valence-corrected chi connectivity index (χ4v) is 9.08. The Labute approximate surface area is 318 Å². The quantitative estimate of drug-likeness (QED) is 0.140. The van der Waals surface area contributed by atoms with Gasteiger partial charge in [-0.15, -0.1) is 0 Å². The first-order chi connectivity index (χ1) is 26.6. The molecule has 0 radical (unpaired) electrons. The molecule has 3 N–H and O–H groups in total. The summed E-state index contributed by atoms with van der Waals surface area (Å²) in [5, 5.41) is 6.36. The van der Waals surface area contributed by atoms with Crippen LogP contribution in [0.3, 0.4) is 0 Å². The number of hydrogen-bond donors (Lipinski definition) is 3. The molecule has 1 atom stereocenters. The van der Waals surface area contributed by atoms with E-state index in [2.05, 4.69) is 20.3 Å². The fraction of sp³-hybridized carbons (Fsp3) is 0.541. The van der Waals surface area contributed by atoms with Crippen molar-refractivity contribution in [3.05, 3.63) is 63.6 Å². The number of piperidine rings is 2. The average Bonchev–Trinajstić information content (AvgIpc) is 3.79. The molecule has 3 aliphatic heterocycles. The van der Waals surface area contributed by atoms with Crippen molar-refractivity contribution >= 4 is 50.8 Å². The second kappa shape index (κ2) is 17.0. The number of fused-ring (bicyclic) bond motifs is 2. The van der Waals surface area contributed by atoms with Crippen molar-refractivity contribution in [2.75, 3.05) is 51.4 Å².